The minimum absolute atomic E-state index is 0. The quantitative estimate of drug-likeness (QED) is 0.567. The van der Waals surface area contributed by atoms with Crippen molar-refractivity contribution in [1.82, 2.24) is 0 Å². The molecule has 0 aromatic rings. The molecule has 9 heavy (non-hydrogen) atoms. The summed E-state index contributed by atoms with van der Waals surface area (Å²) < 4.78 is 0. The van der Waals surface area contributed by atoms with Crippen LogP contribution in [0.5, 0.6) is 0 Å². The van der Waals surface area contributed by atoms with Gasteiger partial charge in [-0.25, -0.2) is 0 Å². The van der Waals surface area contributed by atoms with Crippen LogP contribution in [0, 0.1) is 14.0 Å². The molecule has 56 valence electrons. The van der Waals surface area contributed by atoms with Gasteiger partial charge >= 0.3 is 16.8 Å². The van der Waals surface area contributed by atoms with Gasteiger partial charge in [-0.3, -0.25) is 0 Å². The molecule has 0 saturated carbocycles. The minimum Gasteiger partial charge on any atom is -0.716 e. The second-order valence-electron chi connectivity index (χ2n) is 1.86. The first-order chi connectivity index (χ1) is 3.13. The van der Waals surface area contributed by atoms with E-state index in [0.29, 0.717) is 11.7 Å². The summed E-state index contributed by atoms with van der Waals surface area (Å²) >= 11 is 0. The maximum Gasteiger partial charge on any atom is 3.00 e. The molecule has 0 saturated heterocycles. The summed E-state index contributed by atoms with van der Waals surface area (Å²) in [5.74, 6) is 0. The Labute approximate surface area is 69.1 Å². The van der Waals surface area contributed by atoms with E-state index in [4.69, 9.17) is 6.58 Å². The molecular weight excluding hydrogens is 157 g/mol. The Hall–Kier alpha value is 0.0465. The molecule has 0 amide bonds. The van der Waals surface area contributed by atoms with Crippen LogP contribution in [-0.2, 0) is 16.8 Å². The van der Waals surface area contributed by atoms with E-state index in [1.807, 2.05) is 13.8 Å². The van der Waals surface area contributed by atoms with Crippen molar-refractivity contribution in [2.75, 3.05) is 0 Å². The van der Waals surface area contributed by atoms with E-state index in [1.165, 1.54) is 0 Å². The molecule has 0 atom stereocenters. The van der Waals surface area contributed by atoms with Crippen molar-refractivity contribution in [3.63, 3.8) is 0 Å². The van der Waals surface area contributed by atoms with Crippen molar-refractivity contribution < 1.29 is 16.8 Å². The van der Waals surface area contributed by atoms with Crippen molar-refractivity contribution in [3.05, 3.63) is 25.0 Å². The molecule has 0 bridgehead atoms. The minimum atomic E-state index is 0. The fourth-order valence-corrected chi connectivity index (χ4v) is 0.407. The van der Waals surface area contributed by atoms with E-state index >= 15 is 0 Å². The van der Waals surface area contributed by atoms with Crippen LogP contribution in [0.3, 0.4) is 0 Å². The monoisotopic (exact) mass is 171 g/mol. The molecule has 0 aliphatic rings. The standard InChI is InChI=1S/C6H11N.CH3.Co/c1-5(2)7-6(3)4;;/h1,6H,2-4H3;1H3;/q-2;-1;+3. The Bertz CT molecular complexity index is 69.3. The Morgan fingerprint density at radius 2 is 1.78 bits per heavy atom. The molecule has 0 aliphatic heterocycles. The van der Waals surface area contributed by atoms with Gasteiger partial charge in [-0.2, -0.15) is 0 Å². The molecule has 0 spiro atoms. The average Bonchev–Trinajstić information content (AvgIpc) is 1.27. The van der Waals surface area contributed by atoms with Gasteiger partial charge in [-0.15, -0.1) is 6.04 Å². The fraction of sp³-hybridized carbons (Fsp3) is 0.571. The van der Waals surface area contributed by atoms with Gasteiger partial charge in [-0.1, -0.05) is 20.8 Å². The predicted molar refractivity (Wildman–Crippen MR) is 38.4 cm³/mol. The zero-order valence-corrected chi connectivity index (χ0v) is 7.48. The first kappa shape index (κ1) is 16.0. The summed E-state index contributed by atoms with van der Waals surface area (Å²) in [6, 6.07) is 0.338. The molecule has 0 N–H and O–H groups in total. The van der Waals surface area contributed by atoms with Crippen LogP contribution in [0.4, 0.5) is 0 Å². The van der Waals surface area contributed by atoms with Crippen LogP contribution in [0.15, 0.2) is 5.70 Å². The van der Waals surface area contributed by atoms with Gasteiger partial charge in [0.15, 0.2) is 0 Å². The van der Waals surface area contributed by atoms with Crippen LogP contribution in [-0.4, -0.2) is 6.04 Å². The fourth-order valence-electron chi connectivity index (χ4n) is 0.407. The molecule has 0 radical (unpaired) electrons. The smallest absolute Gasteiger partial charge is 0.716 e. The van der Waals surface area contributed by atoms with Crippen LogP contribution in [0.2, 0.25) is 0 Å². The summed E-state index contributed by atoms with van der Waals surface area (Å²) in [7, 11) is 0. The SMILES string of the molecule is [CH-]=C(C)[N-]C(C)C.[CH3-].[Co+3]. The first-order valence-corrected chi connectivity index (χ1v) is 2.43. The topological polar surface area (TPSA) is 14.1 Å². The van der Waals surface area contributed by atoms with Crippen molar-refractivity contribution in [2.24, 2.45) is 0 Å². The second kappa shape index (κ2) is 8.05. The maximum atomic E-state index is 5.24. The van der Waals surface area contributed by atoms with Crippen molar-refractivity contribution in [1.29, 1.82) is 0 Å². The van der Waals surface area contributed by atoms with Crippen LogP contribution in [0.1, 0.15) is 20.8 Å². The molecule has 0 unspecified atom stereocenters. The van der Waals surface area contributed by atoms with Gasteiger partial charge < -0.3 is 25.0 Å². The van der Waals surface area contributed by atoms with Crippen molar-refractivity contribution in [3.8, 4) is 0 Å². The molecule has 0 rings (SSSR count). The third kappa shape index (κ3) is 18.0. The van der Waals surface area contributed by atoms with E-state index in [0.717, 1.165) is 0 Å². The Morgan fingerprint density at radius 1 is 1.44 bits per heavy atom. The molecule has 2 heteroatoms. The summed E-state index contributed by atoms with van der Waals surface area (Å²) in [5.41, 5.74) is 0.662. The number of hydrogen-bond donors (Lipinski definition) is 0. The van der Waals surface area contributed by atoms with E-state index < -0.39 is 0 Å². The third-order valence-electron chi connectivity index (χ3n) is 0.462. The van der Waals surface area contributed by atoms with E-state index in [2.05, 4.69) is 5.32 Å². The largest absolute Gasteiger partial charge is 3.00 e. The molecule has 0 aromatic heterocycles. The summed E-state index contributed by atoms with van der Waals surface area (Å²) in [5, 5.41) is 3.97. The molecular formula is C7H14CoN. The third-order valence-corrected chi connectivity index (χ3v) is 0.462. The molecule has 0 fully saturated rings. The van der Waals surface area contributed by atoms with Gasteiger partial charge in [0, 0.05) is 0 Å². The van der Waals surface area contributed by atoms with Gasteiger partial charge in [0.25, 0.3) is 0 Å². The molecule has 0 aliphatic carbocycles. The van der Waals surface area contributed by atoms with Gasteiger partial charge in [-0.05, 0) is 0 Å². The van der Waals surface area contributed by atoms with Crippen LogP contribution in [0.25, 0.3) is 5.32 Å². The van der Waals surface area contributed by atoms with Crippen molar-refractivity contribution in [2.45, 2.75) is 26.8 Å². The second-order valence-corrected chi connectivity index (χ2v) is 1.86. The number of hydrogen-bond acceptors (Lipinski definition) is 0. The first-order valence-electron chi connectivity index (χ1n) is 2.43. The van der Waals surface area contributed by atoms with E-state index in [9.17, 15) is 0 Å². The Kier molecular flexibility index (Phi) is 14.3. The molecule has 1 nitrogen and oxygen atoms in total. The predicted octanol–water partition coefficient (Wildman–Crippen LogP) is 2.55. The van der Waals surface area contributed by atoms with Gasteiger partial charge in [0.05, 0.1) is 0 Å². The number of rotatable bonds is 2. The normalized spacial score (nSPS) is 7.11. The van der Waals surface area contributed by atoms with E-state index in [1.54, 1.807) is 6.92 Å². The van der Waals surface area contributed by atoms with Crippen molar-refractivity contribution >= 4 is 0 Å². The van der Waals surface area contributed by atoms with Crippen LogP contribution < -0.4 is 0 Å². The number of nitrogens with zero attached hydrogens (tertiary/aromatic N) is 1. The molecule has 0 aromatic carbocycles. The van der Waals surface area contributed by atoms with E-state index in [-0.39, 0.29) is 24.2 Å². The number of allylic oxidation sites excluding steroid dienone is 1. The zero-order valence-electron chi connectivity index (χ0n) is 6.44. The van der Waals surface area contributed by atoms with Gasteiger partial charge in [0.1, 0.15) is 0 Å². The Morgan fingerprint density at radius 3 is 1.78 bits per heavy atom. The zero-order chi connectivity index (χ0) is 5.86. The summed E-state index contributed by atoms with van der Waals surface area (Å²) in [6.07, 6.45) is 0. The maximum absolute atomic E-state index is 5.24. The average molecular weight is 171 g/mol. The summed E-state index contributed by atoms with van der Waals surface area (Å²) in [4.78, 5) is 0. The Balaban J connectivity index is -0.000000180. The van der Waals surface area contributed by atoms with Crippen LogP contribution >= 0.6 is 0 Å². The van der Waals surface area contributed by atoms with Gasteiger partial charge in [0.2, 0.25) is 0 Å². The summed E-state index contributed by atoms with van der Waals surface area (Å²) in [6.45, 7) is 11.0. The molecule has 0 heterocycles.